The summed E-state index contributed by atoms with van der Waals surface area (Å²) in [6.07, 6.45) is 0. The molecule has 2 aromatic rings. The third-order valence-electron chi connectivity index (χ3n) is 4.64. The van der Waals surface area contributed by atoms with Gasteiger partial charge < -0.3 is 0 Å². The number of hydrogen-bond donors (Lipinski definition) is 0. The van der Waals surface area contributed by atoms with Crippen molar-refractivity contribution in [3.63, 3.8) is 0 Å². The molecule has 0 radical (unpaired) electrons. The Balaban J connectivity index is 0.000000331. The largest absolute Gasteiger partial charge is 0.290 e. The van der Waals surface area contributed by atoms with E-state index in [0.717, 1.165) is 22.6 Å². The second-order valence-corrected chi connectivity index (χ2v) is 15.9. The van der Waals surface area contributed by atoms with Crippen molar-refractivity contribution in [3.8, 4) is 0 Å². The molecule has 2 aromatic carbocycles. The summed E-state index contributed by atoms with van der Waals surface area (Å²) in [4.78, 5) is 0.384. The SMILES string of the molecule is CCS(=O)(CC)=NS(=O)(=O)c1ccc(C)cc1.CCS(CC)=NS(=O)(=O)c1ccc(C)cc1. The quantitative estimate of drug-likeness (QED) is 0.487. The standard InChI is InChI=1S/C11H17NO3S2.C11H17NO2S2/c1-4-16(13,5-2)12-17(14,15)11-8-6-10(3)7-9-11;1-4-15(5-2)12-16(13,14)11-8-6-10(3)7-9-11/h6-9H,4-5H2,1-3H3;6-9H,4-5H2,1-3H3. The summed E-state index contributed by atoms with van der Waals surface area (Å²) in [5.41, 5.74) is 2.01. The van der Waals surface area contributed by atoms with Crippen LogP contribution in [0.1, 0.15) is 38.8 Å². The minimum atomic E-state index is -3.81. The molecule has 0 spiro atoms. The summed E-state index contributed by atoms with van der Waals surface area (Å²) in [5, 5.41) is 0. The van der Waals surface area contributed by atoms with Crippen LogP contribution in [-0.2, 0) is 40.5 Å². The highest BCUT2D eigenvalue weighted by Crippen LogP contribution is 2.16. The summed E-state index contributed by atoms with van der Waals surface area (Å²) in [6.45, 7) is 11.1. The molecule has 186 valence electrons. The number of sulfonamides is 2. The molecule has 0 N–H and O–H groups in total. The lowest BCUT2D eigenvalue weighted by Crippen LogP contribution is -2.10. The molecule has 33 heavy (non-hydrogen) atoms. The molecule has 0 amide bonds. The average molecular weight is 535 g/mol. The number of aryl methyl sites for hydroxylation is 2. The van der Waals surface area contributed by atoms with E-state index in [1.807, 2.05) is 27.7 Å². The molecular formula is C22H34N2O5S4. The average Bonchev–Trinajstić information content (AvgIpc) is 2.78. The van der Waals surface area contributed by atoms with E-state index >= 15 is 0 Å². The van der Waals surface area contributed by atoms with Crippen LogP contribution in [0.5, 0.6) is 0 Å². The maximum atomic E-state index is 12.0. The lowest BCUT2D eigenvalue weighted by molar-refractivity contribution is 0.596. The normalized spacial score (nSPS) is 12.1. The summed E-state index contributed by atoms with van der Waals surface area (Å²) >= 11 is 0. The predicted molar refractivity (Wildman–Crippen MR) is 139 cm³/mol. The van der Waals surface area contributed by atoms with Gasteiger partial charge in [-0.25, -0.2) is 4.21 Å². The van der Waals surface area contributed by atoms with E-state index in [1.165, 1.54) is 12.1 Å². The number of rotatable bonds is 8. The van der Waals surface area contributed by atoms with Crippen molar-refractivity contribution in [2.75, 3.05) is 23.0 Å². The van der Waals surface area contributed by atoms with Gasteiger partial charge in [-0.1, -0.05) is 73.8 Å². The highest BCUT2D eigenvalue weighted by atomic mass is 32.3. The highest BCUT2D eigenvalue weighted by Gasteiger charge is 2.16. The summed E-state index contributed by atoms with van der Waals surface area (Å²) in [7, 11) is -10.3. The Labute approximate surface area is 202 Å². The zero-order valence-electron chi connectivity index (χ0n) is 20.0. The van der Waals surface area contributed by atoms with Crippen molar-refractivity contribution in [2.45, 2.75) is 51.3 Å². The van der Waals surface area contributed by atoms with Gasteiger partial charge in [-0.05, 0) is 38.1 Å². The minimum Gasteiger partial charge on any atom is -0.249 e. The third kappa shape index (κ3) is 9.30. The fraction of sp³-hybridized carbons (Fsp3) is 0.455. The molecule has 7 nitrogen and oxygen atoms in total. The molecule has 0 unspecified atom stereocenters. The van der Waals surface area contributed by atoms with Crippen molar-refractivity contribution in [1.29, 1.82) is 0 Å². The summed E-state index contributed by atoms with van der Waals surface area (Å²) in [5.74, 6) is 2.05. The van der Waals surface area contributed by atoms with Crippen LogP contribution in [0.2, 0.25) is 0 Å². The van der Waals surface area contributed by atoms with Crippen LogP contribution in [0.4, 0.5) is 0 Å². The van der Waals surface area contributed by atoms with Gasteiger partial charge in [0.2, 0.25) is 0 Å². The first kappa shape index (κ1) is 29.5. The zero-order valence-corrected chi connectivity index (χ0v) is 23.3. The zero-order chi connectivity index (χ0) is 25.3. The molecule has 0 atom stereocenters. The third-order valence-corrected chi connectivity index (χ3v) is 13.0. The van der Waals surface area contributed by atoms with Crippen LogP contribution in [0.3, 0.4) is 0 Å². The molecule has 0 bridgehead atoms. The smallest absolute Gasteiger partial charge is 0.249 e. The molecule has 0 fully saturated rings. The van der Waals surface area contributed by atoms with Crippen molar-refractivity contribution in [1.82, 2.24) is 0 Å². The Morgan fingerprint density at radius 1 is 0.636 bits per heavy atom. The fourth-order valence-electron chi connectivity index (χ4n) is 2.44. The van der Waals surface area contributed by atoms with E-state index in [-0.39, 0.29) is 32.0 Å². The van der Waals surface area contributed by atoms with Crippen LogP contribution < -0.4 is 0 Å². The van der Waals surface area contributed by atoms with Crippen LogP contribution in [-0.4, -0.2) is 44.1 Å². The molecule has 11 heteroatoms. The van der Waals surface area contributed by atoms with E-state index in [9.17, 15) is 21.0 Å². The van der Waals surface area contributed by atoms with Gasteiger partial charge in [-0.15, -0.1) is 7.54 Å². The Morgan fingerprint density at radius 3 is 1.33 bits per heavy atom. The maximum absolute atomic E-state index is 12.0. The molecule has 0 aliphatic heterocycles. The Hall–Kier alpha value is -1.56. The van der Waals surface area contributed by atoms with Crippen LogP contribution >= 0.6 is 0 Å². The first-order chi connectivity index (χ1) is 15.3. The monoisotopic (exact) mass is 534 g/mol. The topological polar surface area (TPSA) is 110 Å². The molecule has 0 heterocycles. The van der Waals surface area contributed by atoms with Crippen molar-refractivity contribution < 1.29 is 21.0 Å². The molecule has 2 rings (SSSR count). The van der Waals surface area contributed by atoms with E-state index in [1.54, 1.807) is 50.2 Å². The van der Waals surface area contributed by atoms with Gasteiger partial charge in [-0.2, -0.15) is 16.8 Å². The molecular weight excluding hydrogens is 501 g/mol. The lowest BCUT2D eigenvalue weighted by atomic mass is 10.2. The number of nitrogens with zero attached hydrogens (tertiary/aromatic N) is 2. The Morgan fingerprint density at radius 2 is 1.00 bits per heavy atom. The summed E-state index contributed by atoms with van der Waals surface area (Å²) in [6, 6.07) is 13.2. The fourth-order valence-corrected chi connectivity index (χ4v) is 9.14. The van der Waals surface area contributed by atoms with E-state index in [0.29, 0.717) is 0 Å². The summed E-state index contributed by atoms with van der Waals surface area (Å²) < 4.78 is 67.2. The molecule has 0 aliphatic rings. The first-order valence-electron chi connectivity index (χ1n) is 10.6. The van der Waals surface area contributed by atoms with Gasteiger partial charge in [0.15, 0.2) is 0 Å². The second-order valence-electron chi connectivity index (χ2n) is 7.11. The van der Waals surface area contributed by atoms with Crippen molar-refractivity contribution >= 4 is 40.5 Å². The van der Waals surface area contributed by atoms with Crippen molar-refractivity contribution in [3.05, 3.63) is 59.7 Å². The number of benzene rings is 2. The Bertz CT molecular complexity index is 1260. The van der Waals surface area contributed by atoms with Gasteiger partial charge >= 0.3 is 0 Å². The Kier molecular flexibility index (Phi) is 11.4. The maximum Gasteiger partial charge on any atom is 0.290 e. The van der Waals surface area contributed by atoms with Crippen molar-refractivity contribution in [2.24, 2.45) is 7.54 Å². The van der Waals surface area contributed by atoms with Crippen LogP contribution in [0.25, 0.3) is 0 Å². The van der Waals surface area contributed by atoms with Crippen LogP contribution in [0.15, 0.2) is 65.9 Å². The van der Waals surface area contributed by atoms with E-state index < -0.39 is 29.8 Å². The highest BCUT2D eigenvalue weighted by molar-refractivity contribution is 8.03. The van der Waals surface area contributed by atoms with Gasteiger partial charge in [0.25, 0.3) is 20.0 Å². The minimum absolute atomic E-state index is 0.0951. The molecule has 0 saturated carbocycles. The molecule has 0 aliphatic carbocycles. The number of hydrogen-bond acceptors (Lipinski definition) is 5. The van der Waals surface area contributed by atoms with Gasteiger partial charge in [-0.3, -0.25) is 0 Å². The van der Waals surface area contributed by atoms with Gasteiger partial charge in [0.1, 0.15) is 0 Å². The van der Waals surface area contributed by atoms with E-state index in [2.05, 4.69) is 7.54 Å². The second kappa shape index (κ2) is 12.8. The van der Waals surface area contributed by atoms with Gasteiger partial charge in [0, 0.05) is 23.0 Å². The van der Waals surface area contributed by atoms with E-state index in [4.69, 9.17) is 0 Å². The van der Waals surface area contributed by atoms with Crippen LogP contribution in [0, 0.1) is 13.8 Å². The first-order valence-corrected chi connectivity index (χ1v) is 16.9. The predicted octanol–water partition coefficient (Wildman–Crippen LogP) is 4.72. The molecule has 0 saturated heterocycles. The lowest BCUT2D eigenvalue weighted by Gasteiger charge is -2.05. The van der Waals surface area contributed by atoms with Gasteiger partial charge in [0.05, 0.1) is 19.5 Å². The molecule has 0 aromatic heterocycles.